The first-order chi connectivity index (χ1) is 13.1. The van der Waals surface area contributed by atoms with E-state index in [1.54, 1.807) is 14.0 Å². The number of carbonyl (C=O) groups excluding carboxylic acids is 1. The van der Waals surface area contributed by atoms with Crippen molar-refractivity contribution < 1.29 is 14.3 Å². The average molecular weight is 426 g/mol. The number of nitrogens with one attached hydrogen (secondary N) is 1. The number of methoxy groups -OCH3 is 1. The van der Waals surface area contributed by atoms with Gasteiger partial charge in [0.15, 0.2) is 0 Å². The van der Waals surface area contributed by atoms with Crippen LogP contribution in [0, 0.1) is 0 Å². The predicted octanol–water partition coefficient (Wildman–Crippen LogP) is 5.56. The number of H-pyrrole nitrogens is 1. The smallest absolute Gasteiger partial charge is 0.340 e. The van der Waals surface area contributed by atoms with Crippen molar-refractivity contribution in [1.82, 2.24) is 4.98 Å². The van der Waals surface area contributed by atoms with Gasteiger partial charge in [-0.25, -0.2) is 4.79 Å². The van der Waals surface area contributed by atoms with Crippen LogP contribution in [0.4, 0.5) is 0 Å². The molecule has 0 amide bonds. The highest BCUT2D eigenvalue weighted by atomic mass is 79.9. The maximum Gasteiger partial charge on any atom is 0.340 e. The van der Waals surface area contributed by atoms with E-state index in [4.69, 9.17) is 9.47 Å². The van der Waals surface area contributed by atoms with E-state index in [1.165, 1.54) is 0 Å². The summed E-state index contributed by atoms with van der Waals surface area (Å²) in [7, 11) is 1.63. The zero-order valence-corrected chi connectivity index (χ0v) is 16.7. The summed E-state index contributed by atoms with van der Waals surface area (Å²) >= 11 is 3.47. The third-order valence-corrected chi connectivity index (χ3v) is 4.74. The highest BCUT2D eigenvalue weighted by Gasteiger charge is 2.19. The fourth-order valence-electron chi connectivity index (χ4n) is 2.82. The maximum atomic E-state index is 12.7. The summed E-state index contributed by atoms with van der Waals surface area (Å²) in [5.41, 5.74) is 3.95. The van der Waals surface area contributed by atoms with Crippen molar-refractivity contribution in [2.24, 2.45) is 0 Å². The lowest BCUT2D eigenvalue weighted by Crippen LogP contribution is -2.08. The van der Waals surface area contributed by atoms with Crippen molar-refractivity contribution in [3.63, 3.8) is 0 Å². The number of esters is 1. The SMILES string of the molecule is CCOC(=O)C(=Cc1ccccc1)c1[nH]ccc1-c1ccc(Br)c(OC)c1. The molecule has 0 aliphatic carbocycles. The molecule has 27 heavy (non-hydrogen) atoms. The van der Waals surface area contributed by atoms with Gasteiger partial charge in [-0.3, -0.25) is 0 Å². The van der Waals surface area contributed by atoms with Crippen LogP contribution in [0.2, 0.25) is 0 Å². The van der Waals surface area contributed by atoms with Crippen LogP contribution in [0.3, 0.4) is 0 Å². The van der Waals surface area contributed by atoms with E-state index in [1.807, 2.05) is 66.9 Å². The summed E-state index contributed by atoms with van der Waals surface area (Å²) in [6, 6.07) is 17.5. The molecule has 0 aliphatic heterocycles. The summed E-state index contributed by atoms with van der Waals surface area (Å²) in [5, 5.41) is 0. The Morgan fingerprint density at radius 2 is 1.93 bits per heavy atom. The molecule has 1 N–H and O–H groups in total. The molecular weight excluding hydrogens is 406 g/mol. The van der Waals surface area contributed by atoms with Crippen molar-refractivity contribution in [2.45, 2.75) is 6.92 Å². The number of aromatic amines is 1. The van der Waals surface area contributed by atoms with E-state index in [0.29, 0.717) is 17.9 Å². The predicted molar refractivity (Wildman–Crippen MR) is 111 cm³/mol. The summed E-state index contributed by atoms with van der Waals surface area (Å²) in [4.78, 5) is 15.9. The molecule has 0 fully saturated rings. The quantitative estimate of drug-likeness (QED) is 0.415. The number of carbonyl (C=O) groups is 1. The van der Waals surface area contributed by atoms with E-state index < -0.39 is 0 Å². The lowest BCUT2D eigenvalue weighted by Gasteiger charge is -2.11. The first-order valence-electron chi connectivity index (χ1n) is 8.59. The molecule has 1 aromatic heterocycles. The lowest BCUT2D eigenvalue weighted by atomic mass is 9.99. The summed E-state index contributed by atoms with van der Waals surface area (Å²) in [5.74, 6) is 0.360. The largest absolute Gasteiger partial charge is 0.496 e. The number of hydrogen-bond acceptors (Lipinski definition) is 3. The number of benzene rings is 2. The topological polar surface area (TPSA) is 51.3 Å². The summed E-state index contributed by atoms with van der Waals surface area (Å²) in [6.45, 7) is 2.11. The Hall–Kier alpha value is -2.79. The highest BCUT2D eigenvalue weighted by Crippen LogP contribution is 2.35. The van der Waals surface area contributed by atoms with E-state index in [2.05, 4.69) is 20.9 Å². The second kappa shape index (κ2) is 8.73. The van der Waals surface area contributed by atoms with Gasteiger partial charge in [0.1, 0.15) is 5.75 Å². The minimum absolute atomic E-state index is 0.313. The van der Waals surface area contributed by atoms with Crippen LogP contribution in [-0.4, -0.2) is 24.7 Å². The number of rotatable bonds is 6. The van der Waals surface area contributed by atoms with Crippen molar-refractivity contribution in [1.29, 1.82) is 0 Å². The van der Waals surface area contributed by atoms with Gasteiger partial charge in [-0.05, 0) is 58.3 Å². The van der Waals surface area contributed by atoms with Crippen molar-refractivity contribution in [3.8, 4) is 16.9 Å². The molecule has 4 nitrogen and oxygen atoms in total. The number of ether oxygens (including phenoxy) is 2. The van der Waals surface area contributed by atoms with Gasteiger partial charge in [-0.1, -0.05) is 36.4 Å². The van der Waals surface area contributed by atoms with Crippen LogP contribution in [0.15, 0.2) is 65.3 Å². The van der Waals surface area contributed by atoms with E-state index >= 15 is 0 Å². The second-order valence-electron chi connectivity index (χ2n) is 5.80. The van der Waals surface area contributed by atoms with Crippen LogP contribution in [0.5, 0.6) is 5.75 Å². The molecule has 0 saturated carbocycles. The lowest BCUT2D eigenvalue weighted by molar-refractivity contribution is -0.136. The van der Waals surface area contributed by atoms with Gasteiger partial charge in [0.25, 0.3) is 0 Å². The zero-order valence-electron chi connectivity index (χ0n) is 15.2. The molecule has 0 unspecified atom stereocenters. The molecular formula is C22H20BrNO3. The summed E-state index contributed by atoms with van der Waals surface area (Å²) < 4.78 is 11.6. The molecule has 0 aliphatic rings. The van der Waals surface area contributed by atoms with E-state index in [0.717, 1.165) is 26.9 Å². The zero-order chi connectivity index (χ0) is 19.2. The van der Waals surface area contributed by atoms with E-state index in [9.17, 15) is 4.79 Å². The van der Waals surface area contributed by atoms with Gasteiger partial charge in [0, 0.05) is 11.8 Å². The normalized spacial score (nSPS) is 11.3. The number of halogens is 1. The minimum atomic E-state index is -0.367. The Morgan fingerprint density at radius 3 is 2.63 bits per heavy atom. The third-order valence-electron chi connectivity index (χ3n) is 4.08. The van der Waals surface area contributed by atoms with Gasteiger partial charge in [0.05, 0.1) is 29.5 Å². The first-order valence-corrected chi connectivity index (χ1v) is 9.39. The Balaban J connectivity index is 2.11. The van der Waals surface area contributed by atoms with Crippen molar-refractivity contribution >= 4 is 33.5 Å². The number of hydrogen-bond donors (Lipinski definition) is 1. The van der Waals surface area contributed by atoms with Gasteiger partial charge >= 0.3 is 5.97 Å². The maximum absolute atomic E-state index is 12.7. The Labute approximate surface area is 167 Å². The van der Waals surface area contributed by atoms with E-state index in [-0.39, 0.29) is 5.97 Å². The Kier molecular flexibility index (Phi) is 6.14. The fraction of sp³-hybridized carbons (Fsp3) is 0.136. The minimum Gasteiger partial charge on any atom is -0.496 e. The molecule has 5 heteroatoms. The van der Waals surface area contributed by atoms with Crippen LogP contribution >= 0.6 is 15.9 Å². The molecule has 1 heterocycles. The monoisotopic (exact) mass is 425 g/mol. The van der Waals surface area contributed by atoms with Gasteiger partial charge in [0.2, 0.25) is 0 Å². The summed E-state index contributed by atoms with van der Waals surface area (Å²) in [6.07, 6.45) is 3.65. The number of aromatic nitrogens is 1. The molecule has 2 aromatic carbocycles. The van der Waals surface area contributed by atoms with Gasteiger partial charge in [-0.15, -0.1) is 0 Å². The van der Waals surface area contributed by atoms with Crippen LogP contribution in [0.1, 0.15) is 18.2 Å². The highest BCUT2D eigenvalue weighted by molar-refractivity contribution is 9.10. The Morgan fingerprint density at radius 1 is 1.15 bits per heavy atom. The first kappa shape index (κ1) is 19.0. The average Bonchev–Trinajstić information content (AvgIpc) is 3.17. The van der Waals surface area contributed by atoms with Crippen LogP contribution < -0.4 is 4.74 Å². The standard InChI is InChI=1S/C22H20BrNO3/c1-3-27-22(25)18(13-15-7-5-4-6-8-15)21-17(11-12-24-21)16-9-10-19(23)20(14-16)26-2/h4-14,24H,3H2,1-2H3. The van der Waals surface area contributed by atoms with Crippen molar-refractivity contribution in [2.75, 3.05) is 13.7 Å². The molecule has 3 aromatic rings. The second-order valence-corrected chi connectivity index (χ2v) is 6.66. The van der Waals surface area contributed by atoms with Gasteiger partial charge < -0.3 is 14.5 Å². The fourth-order valence-corrected chi connectivity index (χ4v) is 3.23. The third kappa shape index (κ3) is 4.31. The van der Waals surface area contributed by atoms with Crippen LogP contribution in [0.25, 0.3) is 22.8 Å². The van der Waals surface area contributed by atoms with Crippen LogP contribution in [-0.2, 0) is 9.53 Å². The molecule has 0 atom stereocenters. The molecule has 0 saturated heterocycles. The Bertz CT molecular complexity index is 961. The molecule has 3 rings (SSSR count). The molecule has 0 radical (unpaired) electrons. The molecule has 138 valence electrons. The molecule has 0 bridgehead atoms. The van der Waals surface area contributed by atoms with Crippen molar-refractivity contribution in [3.05, 3.63) is 76.5 Å². The van der Waals surface area contributed by atoms with Gasteiger partial charge in [-0.2, -0.15) is 0 Å². The molecule has 0 spiro atoms.